The minimum atomic E-state index is -2.03. The van der Waals surface area contributed by atoms with E-state index in [2.05, 4.69) is 5.32 Å². The van der Waals surface area contributed by atoms with Crippen LogP contribution in [0.2, 0.25) is 0 Å². The number of alkyl carbamates (subject to hydrolysis) is 1. The van der Waals surface area contributed by atoms with Crippen molar-refractivity contribution in [2.24, 2.45) is 0 Å². The molecule has 7 nitrogen and oxygen atoms in total. The van der Waals surface area contributed by atoms with E-state index < -0.39 is 53.6 Å². The molecular weight excluding hydrogens is 364 g/mol. The molecule has 0 saturated heterocycles. The summed E-state index contributed by atoms with van der Waals surface area (Å²) in [5, 5.41) is 30.7. The van der Waals surface area contributed by atoms with Crippen molar-refractivity contribution < 1.29 is 38.4 Å². The first-order valence-corrected chi connectivity index (χ1v) is 7.82. The fourth-order valence-corrected chi connectivity index (χ4v) is 2.26. The number of rotatable bonds is 7. The van der Waals surface area contributed by atoms with Gasteiger partial charge in [-0.3, -0.25) is 0 Å². The van der Waals surface area contributed by atoms with Crippen LogP contribution >= 0.6 is 0 Å². The maximum absolute atomic E-state index is 13.9. The summed E-state index contributed by atoms with van der Waals surface area (Å²) >= 11 is 0. The van der Waals surface area contributed by atoms with Gasteiger partial charge < -0.3 is 25.4 Å². The lowest BCUT2D eigenvalue weighted by Gasteiger charge is -2.20. The molecule has 2 aromatic rings. The van der Waals surface area contributed by atoms with Gasteiger partial charge >= 0.3 is 12.1 Å². The summed E-state index contributed by atoms with van der Waals surface area (Å²) in [5.74, 6) is -4.20. The van der Waals surface area contributed by atoms with Crippen LogP contribution in [-0.4, -0.2) is 40.0 Å². The number of carboxylic acids is 1. The highest BCUT2D eigenvalue weighted by Gasteiger charge is 2.27. The third kappa shape index (κ3) is 5.47. The average molecular weight is 381 g/mol. The van der Waals surface area contributed by atoms with Crippen molar-refractivity contribution in [3.05, 3.63) is 70.8 Å². The third-order valence-corrected chi connectivity index (χ3v) is 3.65. The smallest absolute Gasteiger partial charge is 0.407 e. The number of benzene rings is 2. The van der Waals surface area contributed by atoms with E-state index in [1.165, 1.54) is 0 Å². The summed E-state index contributed by atoms with van der Waals surface area (Å²) in [5.41, 5.74) is -0.805. The van der Waals surface area contributed by atoms with Crippen LogP contribution in [0.15, 0.2) is 42.5 Å². The molecule has 0 heterocycles. The molecule has 0 aromatic heterocycles. The monoisotopic (exact) mass is 381 g/mol. The molecule has 0 aliphatic rings. The number of carbonyl (C=O) groups excluding carboxylic acids is 1. The number of amides is 1. The van der Waals surface area contributed by atoms with E-state index in [-0.39, 0.29) is 6.61 Å². The van der Waals surface area contributed by atoms with Gasteiger partial charge in [0, 0.05) is 6.54 Å². The zero-order valence-electron chi connectivity index (χ0n) is 13.9. The minimum Gasteiger partial charge on any atom is -0.478 e. The first kappa shape index (κ1) is 20.3. The molecule has 0 aliphatic heterocycles. The molecule has 144 valence electrons. The van der Waals surface area contributed by atoms with Gasteiger partial charge in [0.2, 0.25) is 0 Å². The minimum absolute atomic E-state index is 0.0226. The number of aliphatic hydroxyl groups is 2. The molecule has 2 aromatic carbocycles. The molecule has 0 bridgehead atoms. The average Bonchev–Trinajstić information content (AvgIpc) is 2.64. The summed E-state index contributed by atoms with van der Waals surface area (Å²) in [7, 11) is 0. The van der Waals surface area contributed by atoms with Crippen molar-refractivity contribution in [1.29, 1.82) is 0 Å². The summed E-state index contributed by atoms with van der Waals surface area (Å²) in [6.07, 6.45) is -4.68. The van der Waals surface area contributed by atoms with Crippen molar-refractivity contribution in [1.82, 2.24) is 5.32 Å². The number of carboxylic acid groups (broad SMARTS) is 1. The van der Waals surface area contributed by atoms with Crippen LogP contribution in [0.25, 0.3) is 0 Å². The Hall–Kier alpha value is -3.04. The number of hydrogen-bond acceptors (Lipinski definition) is 5. The van der Waals surface area contributed by atoms with Crippen LogP contribution in [0, 0.1) is 11.6 Å². The SMILES string of the molecule is O=C(NCC(O)C(O)c1c(F)cc(C(=O)O)cc1F)OCc1ccccc1. The van der Waals surface area contributed by atoms with Gasteiger partial charge in [0.05, 0.1) is 11.1 Å². The topological polar surface area (TPSA) is 116 Å². The van der Waals surface area contributed by atoms with Gasteiger partial charge in [-0.1, -0.05) is 30.3 Å². The van der Waals surface area contributed by atoms with Gasteiger partial charge in [-0.2, -0.15) is 0 Å². The highest BCUT2D eigenvalue weighted by molar-refractivity contribution is 5.87. The molecule has 1 amide bonds. The number of halogens is 2. The lowest BCUT2D eigenvalue weighted by Crippen LogP contribution is -2.36. The van der Waals surface area contributed by atoms with Crippen LogP contribution < -0.4 is 5.32 Å². The first-order valence-electron chi connectivity index (χ1n) is 7.82. The number of nitrogens with one attached hydrogen (secondary N) is 1. The van der Waals surface area contributed by atoms with Crippen LogP contribution in [0.3, 0.4) is 0 Å². The molecule has 9 heteroatoms. The Bertz CT molecular complexity index is 792. The van der Waals surface area contributed by atoms with Crippen molar-refractivity contribution in [2.45, 2.75) is 18.8 Å². The molecule has 4 N–H and O–H groups in total. The summed E-state index contributed by atoms with van der Waals surface area (Å²) in [6.45, 7) is -0.570. The Balaban J connectivity index is 1.92. The largest absolute Gasteiger partial charge is 0.478 e. The Morgan fingerprint density at radius 2 is 1.67 bits per heavy atom. The second-order valence-electron chi connectivity index (χ2n) is 5.61. The Kier molecular flexibility index (Phi) is 6.80. The predicted molar refractivity (Wildman–Crippen MR) is 88.9 cm³/mol. The fraction of sp³-hybridized carbons (Fsp3) is 0.222. The third-order valence-electron chi connectivity index (χ3n) is 3.65. The van der Waals surface area contributed by atoms with E-state index in [1.54, 1.807) is 30.3 Å². The van der Waals surface area contributed by atoms with Crippen molar-refractivity contribution in [3.63, 3.8) is 0 Å². The van der Waals surface area contributed by atoms with Gasteiger partial charge in [-0.05, 0) is 17.7 Å². The zero-order chi connectivity index (χ0) is 20.0. The van der Waals surface area contributed by atoms with E-state index in [1.807, 2.05) is 0 Å². The lowest BCUT2D eigenvalue weighted by atomic mass is 10.0. The second-order valence-corrected chi connectivity index (χ2v) is 5.61. The number of aromatic carboxylic acids is 1. The molecule has 0 saturated carbocycles. The molecule has 2 rings (SSSR count). The molecule has 0 spiro atoms. The van der Waals surface area contributed by atoms with Crippen LogP contribution in [0.5, 0.6) is 0 Å². The lowest BCUT2D eigenvalue weighted by molar-refractivity contribution is 0.0142. The van der Waals surface area contributed by atoms with Gasteiger partial charge in [-0.25, -0.2) is 18.4 Å². The Morgan fingerprint density at radius 3 is 2.22 bits per heavy atom. The first-order chi connectivity index (χ1) is 12.8. The van der Waals surface area contributed by atoms with Gasteiger partial charge in [0.15, 0.2) is 0 Å². The zero-order valence-corrected chi connectivity index (χ0v) is 13.9. The maximum Gasteiger partial charge on any atom is 0.407 e. The van der Waals surface area contributed by atoms with Crippen LogP contribution in [0.4, 0.5) is 13.6 Å². The predicted octanol–water partition coefficient (Wildman–Crippen LogP) is 1.98. The van der Waals surface area contributed by atoms with Crippen LogP contribution in [-0.2, 0) is 11.3 Å². The highest BCUT2D eigenvalue weighted by atomic mass is 19.1. The van der Waals surface area contributed by atoms with Crippen molar-refractivity contribution in [3.8, 4) is 0 Å². The number of ether oxygens (including phenoxy) is 1. The van der Waals surface area contributed by atoms with E-state index in [4.69, 9.17) is 9.84 Å². The summed E-state index contributed by atoms with van der Waals surface area (Å²) in [4.78, 5) is 22.3. The molecule has 0 aliphatic carbocycles. The molecule has 0 radical (unpaired) electrons. The second kappa shape index (κ2) is 9.06. The van der Waals surface area contributed by atoms with E-state index in [0.29, 0.717) is 12.1 Å². The number of hydrogen-bond donors (Lipinski definition) is 4. The van der Waals surface area contributed by atoms with Crippen molar-refractivity contribution >= 4 is 12.1 Å². The van der Waals surface area contributed by atoms with Gasteiger partial charge in [0.1, 0.15) is 30.4 Å². The molecular formula is C18H17F2NO6. The maximum atomic E-state index is 13.9. The standard InChI is InChI=1S/C18H17F2NO6/c19-12-6-11(17(24)25)7-13(20)15(12)16(23)14(22)8-21-18(26)27-9-10-4-2-1-3-5-10/h1-7,14,16,22-23H,8-9H2,(H,21,26)(H,24,25). The van der Waals surface area contributed by atoms with Gasteiger partial charge in [-0.15, -0.1) is 0 Å². The highest BCUT2D eigenvalue weighted by Crippen LogP contribution is 2.25. The molecule has 0 fully saturated rings. The summed E-state index contributed by atoms with van der Waals surface area (Å²) < 4.78 is 32.7. The van der Waals surface area contributed by atoms with Crippen molar-refractivity contribution in [2.75, 3.05) is 6.54 Å². The van der Waals surface area contributed by atoms with Gasteiger partial charge in [0.25, 0.3) is 0 Å². The fourth-order valence-electron chi connectivity index (χ4n) is 2.26. The molecule has 27 heavy (non-hydrogen) atoms. The number of aliphatic hydroxyl groups excluding tert-OH is 2. The Morgan fingerprint density at radius 1 is 1.07 bits per heavy atom. The quantitative estimate of drug-likeness (QED) is 0.583. The van der Waals surface area contributed by atoms with E-state index in [9.17, 15) is 28.6 Å². The number of carbonyl (C=O) groups is 2. The normalized spacial score (nSPS) is 12.9. The van der Waals surface area contributed by atoms with Crippen LogP contribution in [0.1, 0.15) is 27.6 Å². The molecule has 2 unspecified atom stereocenters. The summed E-state index contributed by atoms with van der Waals surface area (Å²) in [6, 6.07) is 9.83. The van der Waals surface area contributed by atoms with E-state index >= 15 is 0 Å². The molecule has 2 atom stereocenters. The van der Waals surface area contributed by atoms with E-state index in [0.717, 1.165) is 5.56 Å². The Labute approximate surface area is 152 Å².